The highest BCUT2D eigenvalue weighted by Crippen LogP contribution is 2.54. The van der Waals surface area contributed by atoms with Crippen LogP contribution in [-0.2, 0) is 5.54 Å². The SMILES string of the molecule is Fc1ccc(-c2cc3n(n2)C2(CC=C3)CC(F)(F)C2)cc1Cl. The van der Waals surface area contributed by atoms with E-state index < -0.39 is 17.3 Å². The second kappa shape index (κ2) is 4.38. The van der Waals surface area contributed by atoms with Gasteiger partial charge in [-0.2, -0.15) is 5.10 Å². The van der Waals surface area contributed by atoms with E-state index in [0.717, 1.165) is 5.69 Å². The number of benzene rings is 1. The molecule has 0 saturated heterocycles. The zero-order valence-corrected chi connectivity index (χ0v) is 12.2. The number of aromatic nitrogens is 2. The quantitative estimate of drug-likeness (QED) is 0.730. The molecule has 22 heavy (non-hydrogen) atoms. The van der Waals surface area contributed by atoms with Crippen LogP contribution in [0.15, 0.2) is 30.3 Å². The first-order chi connectivity index (χ1) is 10.4. The van der Waals surface area contributed by atoms with Gasteiger partial charge in [0, 0.05) is 18.4 Å². The number of halogens is 4. The number of hydrogen-bond acceptors (Lipinski definition) is 1. The van der Waals surface area contributed by atoms with Crippen molar-refractivity contribution < 1.29 is 13.2 Å². The Morgan fingerprint density at radius 1 is 1.18 bits per heavy atom. The Labute approximate surface area is 130 Å². The third kappa shape index (κ3) is 1.99. The summed E-state index contributed by atoms with van der Waals surface area (Å²) < 4.78 is 41.7. The first kappa shape index (κ1) is 13.9. The summed E-state index contributed by atoms with van der Waals surface area (Å²) in [6.07, 6.45) is 3.96. The van der Waals surface area contributed by atoms with Gasteiger partial charge in [0.2, 0.25) is 0 Å². The van der Waals surface area contributed by atoms with Crippen molar-refractivity contribution >= 4 is 17.7 Å². The molecule has 1 spiro atoms. The van der Waals surface area contributed by atoms with E-state index in [4.69, 9.17) is 11.6 Å². The van der Waals surface area contributed by atoms with Crippen LogP contribution in [0, 0.1) is 5.82 Å². The number of rotatable bonds is 1. The van der Waals surface area contributed by atoms with Crippen molar-refractivity contribution in [2.24, 2.45) is 0 Å². The van der Waals surface area contributed by atoms with E-state index in [-0.39, 0.29) is 17.9 Å². The van der Waals surface area contributed by atoms with E-state index in [0.29, 0.717) is 17.7 Å². The van der Waals surface area contributed by atoms with Gasteiger partial charge in [0.15, 0.2) is 0 Å². The predicted molar refractivity (Wildman–Crippen MR) is 78.4 cm³/mol. The lowest BCUT2D eigenvalue weighted by atomic mass is 9.70. The molecule has 6 heteroatoms. The molecule has 1 saturated carbocycles. The molecule has 0 bridgehead atoms. The standard InChI is InChI=1S/C16H12ClF3N2/c17-12-6-10(3-4-13(12)18)14-7-11-2-1-5-15(22(11)21-14)8-16(19,20)9-15/h1-4,6-7H,5,8-9H2. The van der Waals surface area contributed by atoms with Gasteiger partial charge in [-0.25, -0.2) is 13.2 Å². The fourth-order valence-corrected chi connectivity index (χ4v) is 3.56. The molecule has 2 aromatic rings. The number of allylic oxidation sites excluding steroid dienone is 1. The van der Waals surface area contributed by atoms with Gasteiger partial charge in [-0.15, -0.1) is 0 Å². The maximum absolute atomic E-state index is 13.4. The third-order valence-electron chi connectivity index (χ3n) is 4.36. The smallest absolute Gasteiger partial charge is 0.252 e. The molecule has 2 nitrogen and oxygen atoms in total. The van der Waals surface area contributed by atoms with E-state index in [2.05, 4.69) is 5.10 Å². The molecule has 1 aliphatic heterocycles. The lowest BCUT2D eigenvalue weighted by Gasteiger charge is -2.48. The summed E-state index contributed by atoms with van der Waals surface area (Å²) in [5.74, 6) is -3.11. The van der Waals surface area contributed by atoms with E-state index in [1.54, 1.807) is 10.7 Å². The molecular formula is C16H12ClF3N2. The molecule has 2 heterocycles. The Hall–Kier alpha value is -1.75. The highest BCUT2D eigenvalue weighted by Gasteiger charge is 2.58. The van der Waals surface area contributed by atoms with Crippen molar-refractivity contribution in [1.82, 2.24) is 9.78 Å². The van der Waals surface area contributed by atoms with Crippen LogP contribution in [0.3, 0.4) is 0 Å². The fraction of sp³-hybridized carbons (Fsp3) is 0.312. The zero-order chi connectivity index (χ0) is 15.5. The highest BCUT2D eigenvalue weighted by molar-refractivity contribution is 6.31. The summed E-state index contributed by atoms with van der Waals surface area (Å²) in [5.41, 5.74) is 1.44. The van der Waals surface area contributed by atoms with Gasteiger partial charge in [0.1, 0.15) is 5.82 Å². The fourth-order valence-electron chi connectivity index (χ4n) is 3.38. The Kier molecular flexibility index (Phi) is 2.77. The van der Waals surface area contributed by atoms with Gasteiger partial charge >= 0.3 is 0 Å². The van der Waals surface area contributed by atoms with Gasteiger partial charge in [-0.3, -0.25) is 4.68 Å². The van der Waals surface area contributed by atoms with E-state index in [1.165, 1.54) is 12.1 Å². The maximum Gasteiger partial charge on any atom is 0.252 e. The van der Waals surface area contributed by atoms with E-state index in [9.17, 15) is 13.2 Å². The minimum atomic E-state index is -2.62. The summed E-state index contributed by atoms with van der Waals surface area (Å²) in [4.78, 5) is 0. The predicted octanol–water partition coefficient (Wildman–Crippen LogP) is 4.88. The van der Waals surface area contributed by atoms with Crippen molar-refractivity contribution in [1.29, 1.82) is 0 Å². The van der Waals surface area contributed by atoms with Crippen molar-refractivity contribution in [2.45, 2.75) is 30.7 Å². The summed E-state index contributed by atoms with van der Waals surface area (Å²) in [5, 5.41) is 4.50. The second-order valence-corrected chi connectivity index (χ2v) is 6.44. The molecule has 2 aliphatic rings. The maximum atomic E-state index is 13.4. The van der Waals surface area contributed by atoms with Crippen LogP contribution in [0.1, 0.15) is 25.0 Å². The summed E-state index contributed by atoms with van der Waals surface area (Å²) in [6.45, 7) is 0. The minimum absolute atomic E-state index is 0.0175. The third-order valence-corrected chi connectivity index (χ3v) is 4.65. The van der Waals surface area contributed by atoms with Crippen LogP contribution in [0.2, 0.25) is 5.02 Å². The average Bonchev–Trinajstić information content (AvgIpc) is 2.85. The normalized spacial score (nSPS) is 20.7. The molecule has 1 aliphatic carbocycles. The molecule has 0 N–H and O–H groups in total. The number of nitrogens with zero attached hydrogens (tertiary/aromatic N) is 2. The average molecular weight is 325 g/mol. The van der Waals surface area contributed by atoms with Crippen molar-refractivity contribution in [3.63, 3.8) is 0 Å². The molecule has 1 fully saturated rings. The number of alkyl halides is 2. The molecule has 4 rings (SSSR count). The largest absolute Gasteiger partial charge is 0.258 e. The first-order valence-electron chi connectivity index (χ1n) is 6.99. The number of fused-ring (bicyclic) bond motifs is 2. The summed E-state index contributed by atoms with van der Waals surface area (Å²) in [6, 6.07) is 6.18. The van der Waals surface area contributed by atoms with E-state index >= 15 is 0 Å². The van der Waals surface area contributed by atoms with Gasteiger partial charge < -0.3 is 0 Å². The molecule has 0 unspecified atom stereocenters. The van der Waals surface area contributed by atoms with Crippen molar-refractivity contribution in [3.05, 3.63) is 46.9 Å². The van der Waals surface area contributed by atoms with Crippen LogP contribution in [0.5, 0.6) is 0 Å². The lowest BCUT2D eigenvalue weighted by Crippen LogP contribution is -2.54. The molecular weight excluding hydrogens is 313 g/mol. The van der Waals surface area contributed by atoms with Crippen molar-refractivity contribution in [3.8, 4) is 11.3 Å². The van der Waals surface area contributed by atoms with Gasteiger partial charge in [0.05, 0.1) is 21.9 Å². The highest BCUT2D eigenvalue weighted by atomic mass is 35.5. The Bertz CT molecular complexity index is 787. The van der Waals surface area contributed by atoms with Crippen LogP contribution in [0.4, 0.5) is 13.2 Å². The summed E-state index contributed by atoms with van der Waals surface area (Å²) in [7, 11) is 0. The van der Waals surface area contributed by atoms with Crippen LogP contribution in [-0.4, -0.2) is 15.7 Å². The monoisotopic (exact) mass is 324 g/mol. The second-order valence-electron chi connectivity index (χ2n) is 6.04. The van der Waals surface area contributed by atoms with Gasteiger partial charge in [-0.05, 0) is 36.8 Å². The zero-order valence-electron chi connectivity index (χ0n) is 11.5. The Morgan fingerprint density at radius 3 is 2.64 bits per heavy atom. The van der Waals surface area contributed by atoms with Crippen LogP contribution >= 0.6 is 11.6 Å². The molecule has 0 radical (unpaired) electrons. The lowest BCUT2D eigenvalue weighted by molar-refractivity contribution is -0.155. The van der Waals surface area contributed by atoms with Crippen LogP contribution < -0.4 is 0 Å². The molecule has 0 atom stereocenters. The Balaban J connectivity index is 1.76. The summed E-state index contributed by atoms with van der Waals surface area (Å²) >= 11 is 5.80. The number of hydrogen-bond donors (Lipinski definition) is 0. The molecule has 0 amide bonds. The van der Waals surface area contributed by atoms with Crippen LogP contribution in [0.25, 0.3) is 17.3 Å². The Morgan fingerprint density at radius 2 is 1.95 bits per heavy atom. The minimum Gasteiger partial charge on any atom is -0.258 e. The topological polar surface area (TPSA) is 17.8 Å². The molecule has 1 aromatic heterocycles. The van der Waals surface area contributed by atoms with Gasteiger partial charge in [-0.1, -0.05) is 17.7 Å². The van der Waals surface area contributed by atoms with Crippen molar-refractivity contribution in [2.75, 3.05) is 0 Å². The molecule has 114 valence electrons. The molecule has 1 aromatic carbocycles. The van der Waals surface area contributed by atoms with Gasteiger partial charge in [0.25, 0.3) is 5.92 Å². The van der Waals surface area contributed by atoms with E-state index in [1.807, 2.05) is 18.2 Å². The first-order valence-corrected chi connectivity index (χ1v) is 7.37.